The molecule has 6 nitrogen and oxygen atoms in total. The summed E-state index contributed by atoms with van der Waals surface area (Å²) in [4.78, 5) is 20.8. The molecule has 6 heteroatoms. The van der Waals surface area contributed by atoms with Crippen LogP contribution in [0.3, 0.4) is 0 Å². The molecule has 0 saturated carbocycles. The maximum Gasteiger partial charge on any atom is 0.341 e. The number of anilines is 2. The first-order valence-corrected chi connectivity index (χ1v) is 7.37. The van der Waals surface area contributed by atoms with E-state index in [9.17, 15) is 4.79 Å². The molecule has 2 N–H and O–H groups in total. The van der Waals surface area contributed by atoms with Gasteiger partial charge >= 0.3 is 5.97 Å². The molecule has 2 heterocycles. The normalized spacial score (nSPS) is 19.3. The van der Waals surface area contributed by atoms with E-state index in [1.165, 1.54) is 0 Å². The lowest BCUT2D eigenvalue weighted by Gasteiger charge is -2.37. The van der Waals surface area contributed by atoms with E-state index in [2.05, 4.69) is 21.8 Å². The van der Waals surface area contributed by atoms with Crippen molar-refractivity contribution < 1.29 is 9.53 Å². The molecule has 0 aromatic carbocycles. The predicted octanol–water partition coefficient (Wildman–Crippen LogP) is 1.37. The lowest BCUT2D eigenvalue weighted by Crippen LogP contribution is -2.45. The summed E-state index contributed by atoms with van der Waals surface area (Å²) in [5.74, 6) is 0.270. The number of ether oxygens (including phenoxy) is 1. The molecule has 0 radical (unpaired) electrons. The molecule has 1 aromatic heterocycles. The number of carbonyl (C=O) groups excluding carboxylic acids is 1. The van der Waals surface area contributed by atoms with Gasteiger partial charge in [-0.05, 0) is 39.4 Å². The van der Waals surface area contributed by atoms with Gasteiger partial charge in [-0.2, -0.15) is 0 Å². The third-order valence-corrected chi connectivity index (χ3v) is 3.86. The maximum absolute atomic E-state index is 12.1. The fourth-order valence-electron chi connectivity index (χ4n) is 2.74. The van der Waals surface area contributed by atoms with Crippen LogP contribution in [0.15, 0.2) is 12.3 Å². The Balaban J connectivity index is 2.27. The van der Waals surface area contributed by atoms with Crippen LogP contribution in [0.2, 0.25) is 0 Å². The summed E-state index contributed by atoms with van der Waals surface area (Å²) in [5, 5.41) is 0. The van der Waals surface area contributed by atoms with Crippen LogP contribution in [0, 0.1) is 0 Å². The number of nitrogen functional groups attached to an aromatic ring is 1. The first-order valence-electron chi connectivity index (χ1n) is 7.37. The van der Waals surface area contributed by atoms with Gasteiger partial charge < -0.3 is 20.3 Å². The van der Waals surface area contributed by atoms with E-state index in [4.69, 9.17) is 10.5 Å². The number of pyridine rings is 1. The number of carbonyl (C=O) groups is 1. The van der Waals surface area contributed by atoms with Crippen LogP contribution in [0.5, 0.6) is 0 Å². The number of likely N-dealkylation sites (tertiary alicyclic amines) is 1. The van der Waals surface area contributed by atoms with E-state index in [-0.39, 0.29) is 5.97 Å². The standard InChI is InChI=1S/C15H24N4O2/c1-4-21-15(20)13-8-11(16)9-17-14(13)19(3)12-6-5-7-18(2)10-12/h8-9,12H,4-7,10,16H2,1-3H3. The van der Waals surface area contributed by atoms with Gasteiger partial charge in [0, 0.05) is 19.6 Å². The third-order valence-electron chi connectivity index (χ3n) is 3.86. The van der Waals surface area contributed by atoms with Crippen molar-refractivity contribution in [1.29, 1.82) is 0 Å². The summed E-state index contributed by atoms with van der Waals surface area (Å²) in [5.41, 5.74) is 6.67. The Morgan fingerprint density at radius 1 is 1.62 bits per heavy atom. The molecule has 116 valence electrons. The zero-order chi connectivity index (χ0) is 15.4. The van der Waals surface area contributed by atoms with Crippen LogP contribution in [-0.4, -0.2) is 55.7 Å². The summed E-state index contributed by atoms with van der Waals surface area (Å²) < 4.78 is 5.11. The van der Waals surface area contributed by atoms with Crippen molar-refractivity contribution in [2.24, 2.45) is 0 Å². The van der Waals surface area contributed by atoms with Crippen molar-refractivity contribution in [2.75, 3.05) is 44.4 Å². The Labute approximate surface area is 125 Å². The van der Waals surface area contributed by atoms with Crippen LogP contribution in [0.25, 0.3) is 0 Å². The first-order chi connectivity index (χ1) is 10.0. The number of rotatable bonds is 4. The monoisotopic (exact) mass is 292 g/mol. The molecule has 1 fully saturated rings. The molecule has 2 rings (SSSR count). The van der Waals surface area contributed by atoms with Crippen molar-refractivity contribution in [3.8, 4) is 0 Å². The van der Waals surface area contributed by atoms with Gasteiger partial charge in [0.15, 0.2) is 0 Å². The molecule has 1 saturated heterocycles. The third kappa shape index (κ3) is 3.64. The molecule has 0 aliphatic carbocycles. The van der Waals surface area contributed by atoms with E-state index < -0.39 is 0 Å². The highest BCUT2D eigenvalue weighted by molar-refractivity contribution is 5.95. The Kier molecular flexibility index (Phi) is 5.01. The Morgan fingerprint density at radius 2 is 2.38 bits per heavy atom. The van der Waals surface area contributed by atoms with Crippen LogP contribution in [0.1, 0.15) is 30.1 Å². The largest absolute Gasteiger partial charge is 0.462 e. The highest BCUT2D eigenvalue weighted by Crippen LogP contribution is 2.24. The average molecular weight is 292 g/mol. The molecule has 1 aliphatic rings. The molecule has 0 bridgehead atoms. The van der Waals surface area contributed by atoms with E-state index in [0.717, 1.165) is 25.9 Å². The van der Waals surface area contributed by atoms with Gasteiger partial charge in [0.1, 0.15) is 11.4 Å². The van der Waals surface area contributed by atoms with Crippen molar-refractivity contribution in [2.45, 2.75) is 25.8 Å². The second kappa shape index (κ2) is 6.76. The molecule has 1 aliphatic heterocycles. The topological polar surface area (TPSA) is 71.7 Å². The number of esters is 1. The van der Waals surface area contributed by atoms with Gasteiger partial charge in [0.25, 0.3) is 0 Å². The van der Waals surface area contributed by atoms with E-state index in [0.29, 0.717) is 29.7 Å². The molecule has 0 spiro atoms. The second-order valence-electron chi connectivity index (χ2n) is 5.53. The van der Waals surface area contributed by atoms with Crippen molar-refractivity contribution in [3.05, 3.63) is 17.8 Å². The number of hydrogen-bond acceptors (Lipinski definition) is 6. The Hall–Kier alpha value is -1.82. The first kappa shape index (κ1) is 15.6. The number of likely N-dealkylation sites (N-methyl/N-ethyl adjacent to an activating group) is 2. The minimum Gasteiger partial charge on any atom is -0.462 e. The van der Waals surface area contributed by atoms with Crippen LogP contribution in [-0.2, 0) is 4.74 Å². The maximum atomic E-state index is 12.1. The molecule has 1 aromatic rings. The second-order valence-corrected chi connectivity index (χ2v) is 5.53. The van der Waals surface area contributed by atoms with Gasteiger partial charge in [-0.1, -0.05) is 0 Å². The molecular formula is C15H24N4O2. The van der Waals surface area contributed by atoms with Gasteiger partial charge in [-0.25, -0.2) is 9.78 Å². The van der Waals surface area contributed by atoms with E-state index in [1.807, 2.05) is 7.05 Å². The average Bonchev–Trinajstić information content (AvgIpc) is 2.46. The fourth-order valence-corrected chi connectivity index (χ4v) is 2.74. The highest BCUT2D eigenvalue weighted by atomic mass is 16.5. The minimum atomic E-state index is -0.372. The lowest BCUT2D eigenvalue weighted by molar-refractivity contribution is 0.0526. The summed E-state index contributed by atoms with van der Waals surface area (Å²) in [6, 6.07) is 1.98. The summed E-state index contributed by atoms with van der Waals surface area (Å²) in [6.07, 6.45) is 3.82. The Morgan fingerprint density at radius 3 is 3.05 bits per heavy atom. The summed E-state index contributed by atoms with van der Waals surface area (Å²) >= 11 is 0. The molecule has 0 amide bonds. The summed E-state index contributed by atoms with van der Waals surface area (Å²) in [7, 11) is 4.09. The van der Waals surface area contributed by atoms with Gasteiger partial charge in [-0.15, -0.1) is 0 Å². The van der Waals surface area contributed by atoms with Gasteiger partial charge in [0.05, 0.1) is 18.5 Å². The lowest BCUT2D eigenvalue weighted by atomic mass is 10.0. The number of nitrogens with two attached hydrogens (primary N) is 1. The fraction of sp³-hybridized carbons (Fsp3) is 0.600. The molecular weight excluding hydrogens is 268 g/mol. The van der Waals surface area contributed by atoms with Gasteiger partial charge in [0.2, 0.25) is 0 Å². The van der Waals surface area contributed by atoms with Crippen molar-refractivity contribution >= 4 is 17.5 Å². The number of hydrogen-bond donors (Lipinski definition) is 1. The molecule has 1 unspecified atom stereocenters. The van der Waals surface area contributed by atoms with Crippen LogP contribution < -0.4 is 10.6 Å². The van der Waals surface area contributed by atoms with E-state index in [1.54, 1.807) is 19.2 Å². The number of piperidine rings is 1. The van der Waals surface area contributed by atoms with Crippen molar-refractivity contribution in [1.82, 2.24) is 9.88 Å². The van der Waals surface area contributed by atoms with Crippen LogP contribution in [0.4, 0.5) is 11.5 Å². The smallest absolute Gasteiger partial charge is 0.341 e. The zero-order valence-electron chi connectivity index (χ0n) is 13.0. The highest BCUT2D eigenvalue weighted by Gasteiger charge is 2.26. The predicted molar refractivity (Wildman–Crippen MR) is 83.5 cm³/mol. The Bertz CT molecular complexity index is 506. The SMILES string of the molecule is CCOC(=O)c1cc(N)cnc1N(C)C1CCCN(C)C1. The quantitative estimate of drug-likeness (QED) is 0.845. The number of aromatic nitrogens is 1. The van der Waals surface area contributed by atoms with Gasteiger partial charge in [-0.3, -0.25) is 0 Å². The summed E-state index contributed by atoms with van der Waals surface area (Å²) in [6.45, 7) is 4.20. The molecule has 1 atom stereocenters. The minimum absolute atomic E-state index is 0.336. The van der Waals surface area contributed by atoms with E-state index >= 15 is 0 Å². The zero-order valence-corrected chi connectivity index (χ0v) is 13.0. The van der Waals surface area contributed by atoms with Crippen molar-refractivity contribution in [3.63, 3.8) is 0 Å². The number of nitrogens with zero attached hydrogens (tertiary/aromatic N) is 3. The van der Waals surface area contributed by atoms with Crippen LogP contribution >= 0.6 is 0 Å². The molecule has 21 heavy (non-hydrogen) atoms.